The molecule has 0 spiro atoms. The summed E-state index contributed by atoms with van der Waals surface area (Å²) in [6.07, 6.45) is 7.55. The van der Waals surface area contributed by atoms with Crippen molar-refractivity contribution in [2.24, 2.45) is 11.8 Å². The average molecular weight is 392 g/mol. The molecule has 0 unspecified atom stereocenters. The van der Waals surface area contributed by atoms with E-state index in [9.17, 15) is 14.4 Å². The van der Waals surface area contributed by atoms with Crippen LogP contribution in [0.25, 0.3) is 0 Å². The number of nitrogens with zero attached hydrogens (tertiary/aromatic N) is 2. The van der Waals surface area contributed by atoms with Crippen molar-refractivity contribution in [1.29, 1.82) is 0 Å². The largest absolute Gasteiger partial charge is 0.378 e. The molecule has 0 aromatic rings. The fourth-order valence-electron chi connectivity index (χ4n) is 5.33. The minimum atomic E-state index is -0.431. The molecule has 0 aromatic heterocycles. The van der Waals surface area contributed by atoms with Crippen molar-refractivity contribution in [2.45, 2.75) is 63.5 Å². The molecule has 7 heteroatoms. The molecule has 28 heavy (non-hydrogen) atoms. The molecule has 3 aliphatic heterocycles. The summed E-state index contributed by atoms with van der Waals surface area (Å²) in [4.78, 5) is 42.1. The van der Waals surface area contributed by atoms with E-state index in [1.54, 1.807) is 4.90 Å². The van der Waals surface area contributed by atoms with Crippen molar-refractivity contribution in [1.82, 2.24) is 9.80 Å². The van der Waals surface area contributed by atoms with Crippen LogP contribution in [0.3, 0.4) is 0 Å². The summed E-state index contributed by atoms with van der Waals surface area (Å²) in [5, 5.41) is 0. The molecule has 1 saturated carbocycles. The first-order valence-electron chi connectivity index (χ1n) is 10.9. The number of likely N-dealkylation sites (tertiary alicyclic amines) is 1. The van der Waals surface area contributed by atoms with Crippen molar-refractivity contribution in [2.75, 3.05) is 39.5 Å². The predicted molar refractivity (Wildman–Crippen MR) is 102 cm³/mol. The van der Waals surface area contributed by atoms with Gasteiger partial charge in [-0.25, -0.2) is 0 Å². The van der Waals surface area contributed by atoms with Crippen LogP contribution >= 0.6 is 0 Å². The summed E-state index contributed by atoms with van der Waals surface area (Å²) in [5.74, 6) is 0.215. The van der Waals surface area contributed by atoms with E-state index in [1.807, 2.05) is 4.90 Å². The van der Waals surface area contributed by atoms with Crippen molar-refractivity contribution in [3.05, 3.63) is 0 Å². The summed E-state index contributed by atoms with van der Waals surface area (Å²) in [6.45, 7) is 3.00. The Bertz CT molecular complexity index is 598. The lowest BCUT2D eigenvalue weighted by Gasteiger charge is -2.32. The molecule has 4 rings (SSSR count). The standard InChI is InChI=1S/C21H32N2O5/c24-17-14-28-18-6-7-23(20(17)18)21(26)16(12-15-4-2-1-3-5-15)13-19(25)22-8-10-27-11-9-22/h15-16,18,20H,1-14H2/t16-,18-,20-/m1/s1. The first-order valence-corrected chi connectivity index (χ1v) is 10.9. The normalized spacial score (nSPS) is 29.8. The number of carbonyl (C=O) groups excluding carboxylic acids is 3. The number of carbonyl (C=O) groups is 3. The molecule has 156 valence electrons. The van der Waals surface area contributed by atoms with Gasteiger partial charge in [-0.05, 0) is 18.8 Å². The average Bonchev–Trinajstić information content (AvgIpc) is 3.31. The number of rotatable bonds is 5. The quantitative estimate of drug-likeness (QED) is 0.707. The molecule has 0 radical (unpaired) electrons. The third-order valence-corrected chi connectivity index (χ3v) is 6.87. The highest BCUT2D eigenvalue weighted by atomic mass is 16.5. The third kappa shape index (κ3) is 4.25. The van der Waals surface area contributed by atoms with Crippen molar-refractivity contribution >= 4 is 17.6 Å². The lowest BCUT2D eigenvalue weighted by molar-refractivity contribution is -0.145. The molecular formula is C21H32N2O5. The number of ether oxygens (including phenoxy) is 2. The van der Waals surface area contributed by atoms with Crippen LogP contribution in [0.4, 0.5) is 0 Å². The minimum Gasteiger partial charge on any atom is -0.378 e. The molecular weight excluding hydrogens is 360 g/mol. The zero-order valence-corrected chi connectivity index (χ0v) is 16.6. The molecule has 0 N–H and O–H groups in total. The van der Waals surface area contributed by atoms with Crippen LogP contribution in [0.2, 0.25) is 0 Å². The summed E-state index contributed by atoms with van der Waals surface area (Å²) in [5.41, 5.74) is 0. The van der Waals surface area contributed by atoms with Crippen molar-refractivity contribution in [3.63, 3.8) is 0 Å². The molecule has 0 bridgehead atoms. The lowest BCUT2D eigenvalue weighted by atomic mass is 9.81. The Hall–Kier alpha value is -1.47. The number of hydrogen-bond acceptors (Lipinski definition) is 5. The molecule has 0 aromatic carbocycles. The van der Waals surface area contributed by atoms with E-state index in [0.717, 1.165) is 25.7 Å². The minimum absolute atomic E-state index is 0.00627. The predicted octanol–water partition coefficient (Wildman–Crippen LogP) is 1.39. The van der Waals surface area contributed by atoms with E-state index in [4.69, 9.17) is 9.47 Å². The molecule has 3 saturated heterocycles. The zero-order valence-electron chi connectivity index (χ0n) is 16.6. The molecule has 4 aliphatic rings. The second-order valence-electron chi connectivity index (χ2n) is 8.71. The van der Waals surface area contributed by atoms with Crippen LogP contribution in [0.1, 0.15) is 51.4 Å². The van der Waals surface area contributed by atoms with E-state index in [0.29, 0.717) is 38.8 Å². The van der Waals surface area contributed by atoms with Gasteiger partial charge in [0.1, 0.15) is 12.6 Å². The van der Waals surface area contributed by atoms with E-state index < -0.39 is 6.04 Å². The van der Waals surface area contributed by atoms with E-state index in [-0.39, 0.29) is 42.6 Å². The van der Waals surface area contributed by atoms with Crippen LogP contribution in [0.5, 0.6) is 0 Å². The molecule has 2 amide bonds. The monoisotopic (exact) mass is 392 g/mol. The molecule has 7 nitrogen and oxygen atoms in total. The van der Waals surface area contributed by atoms with Gasteiger partial charge < -0.3 is 19.3 Å². The van der Waals surface area contributed by atoms with Gasteiger partial charge in [-0.1, -0.05) is 32.1 Å². The fourth-order valence-corrected chi connectivity index (χ4v) is 5.33. The number of hydrogen-bond donors (Lipinski definition) is 0. The Kier molecular flexibility index (Phi) is 6.31. The molecule has 3 atom stereocenters. The van der Waals surface area contributed by atoms with Crippen molar-refractivity contribution < 1.29 is 23.9 Å². The summed E-state index contributed by atoms with van der Waals surface area (Å²) < 4.78 is 10.9. The topological polar surface area (TPSA) is 76.2 Å². The maximum atomic E-state index is 13.4. The summed E-state index contributed by atoms with van der Waals surface area (Å²) in [7, 11) is 0. The number of ketones is 1. The maximum Gasteiger partial charge on any atom is 0.226 e. The Morgan fingerprint density at radius 1 is 1.04 bits per heavy atom. The Labute approximate surface area is 166 Å². The lowest BCUT2D eigenvalue weighted by Crippen LogP contribution is -2.47. The Balaban J connectivity index is 1.45. The van der Waals surface area contributed by atoms with E-state index >= 15 is 0 Å². The van der Waals surface area contributed by atoms with Crippen LogP contribution in [-0.2, 0) is 23.9 Å². The van der Waals surface area contributed by atoms with E-state index in [2.05, 4.69) is 0 Å². The highest BCUT2D eigenvalue weighted by Gasteiger charge is 2.48. The van der Waals surface area contributed by atoms with Gasteiger partial charge in [0.15, 0.2) is 5.78 Å². The van der Waals surface area contributed by atoms with Gasteiger partial charge in [0.05, 0.1) is 19.3 Å². The van der Waals surface area contributed by atoms with Crippen LogP contribution in [0, 0.1) is 11.8 Å². The smallest absolute Gasteiger partial charge is 0.226 e. The highest BCUT2D eigenvalue weighted by molar-refractivity contribution is 5.94. The van der Waals surface area contributed by atoms with Crippen LogP contribution in [-0.4, -0.2) is 79.0 Å². The summed E-state index contributed by atoms with van der Waals surface area (Å²) in [6, 6.07) is -0.431. The number of amides is 2. The number of Topliss-reactive ketones (excluding diaryl/α,β-unsaturated/α-hetero) is 1. The Morgan fingerprint density at radius 3 is 2.54 bits per heavy atom. The van der Waals surface area contributed by atoms with Gasteiger partial charge in [0.25, 0.3) is 0 Å². The zero-order chi connectivity index (χ0) is 19.5. The second-order valence-corrected chi connectivity index (χ2v) is 8.71. The molecule has 1 aliphatic carbocycles. The van der Waals surface area contributed by atoms with Gasteiger partial charge in [-0.2, -0.15) is 0 Å². The maximum absolute atomic E-state index is 13.4. The van der Waals surface area contributed by atoms with Gasteiger partial charge in [0.2, 0.25) is 11.8 Å². The second kappa shape index (κ2) is 8.91. The van der Waals surface area contributed by atoms with Gasteiger partial charge in [-0.15, -0.1) is 0 Å². The molecule has 3 heterocycles. The first kappa shape index (κ1) is 19.8. The van der Waals surface area contributed by atoms with Gasteiger partial charge in [0, 0.05) is 32.0 Å². The van der Waals surface area contributed by atoms with E-state index in [1.165, 1.54) is 19.3 Å². The van der Waals surface area contributed by atoms with Gasteiger partial charge >= 0.3 is 0 Å². The van der Waals surface area contributed by atoms with Crippen molar-refractivity contribution in [3.8, 4) is 0 Å². The van der Waals surface area contributed by atoms with Gasteiger partial charge in [-0.3, -0.25) is 14.4 Å². The third-order valence-electron chi connectivity index (χ3n) is 6.87. The highest BCUT2D eigenvalue weighted by Crippen LogP contribution is 2.34. The van der Waals surface area contributed by atoms with Crippen LogP contribution in [0.15, 0.2) is 0 Å². The van der Waals surface area contributed by atoms with Crippen LogP contribution < -0.4 is 0 Å². The number of fused-ring (bicyclic) bond motifs is 1. The first-order chi connectivity index (χ1) is 13.6. The Morgan fingerprint density at radius 2 is 1.79 bits per heavy atom. The summed E-state index contributed by atoms with van der Waals surface area (Å²) >= 11 is 0. The fraction of sp³-hybridized carbons (Fsp3) is 0.857. The molecule has 4 fully saturated rings. The SMILES string of the molecule is O=C1CO[C@@H]2CCN(C(=O)[C@@H](CC(=O)N3CCOCC3)CC3CCCCC3)[C@H]12. The number of morpholine rings is 1.